The third-order valence-electron chi connectivity index (χ3n) is 5.35. The zero-order valence-corrected chi connectivity index (χ0v) is 12.7. The summed E-state index contributed by atoms with van der Waals surface area (Å²) in [5.41, 5.74) is 0. The Morgan fingerprint density at radius 1 is 0.647 bits per heavy atom. The summed E-state index contributed by atoms with van der Waals surface area (Å²) in [7, 11) is 0. The number of hydrogen-bond donors (Lipinski definition) is 0. The minimum atomic E-state index is 1.00. The van der Waals surface area contributed by atoms with Gasteiger partial charge in [-0.3, -0.25) is 0 Å². The van der Waals surface area contributed by atoms with Gasteiger partial charge in [0.15, 0.2) is 0 Å². The predicted octanol–water partition coefficient (Wildman–Crippen LogP) is 6.06. The van der Waals surface area contributed by atoms with Crippen LogP contribution in [0.3, 0.4) is 0 Å². The van der Waals surface area contributed by atoms with E-state index in [-0.39, 0.29) is 0 Å². The second-order valence-corrected chi connectivity index (χ2v) is 6.67. The van der Waals surface area contributed by atoms with Gasteiger partial charge >= 0.3 is 0 Å². The van der Waals surface area contributed by atoms with Crippen molar-refractivity contribution in [1.29, 1.82) is 0 Å². The van der Waals surface area contributed by atoms with Crippen LogP contribution in [-0.4, -0.2) is 0 Å². The molecule has 0 N–H and O–H groups in total. The lowest BCUT2D eigenvalue weighted by molar-refractivity contribution is 0.249. The molecule has 2 aliphatic rings. The minimum Gasteiger partial charge on any atom is -0.0651 e. The average molecular weight is 238 g/mol. The summed E-state index contributed by atoms with van der Waals surface area (Å²) < 4.78 is 0. The second kappa shape index (κ2) is 8.16. The Kier molecular flexibility index (Phi) is 7.23. The van der Waals surface area contributed by atoms with Gasteiger partial charge in [0.05, 0.1) is 0 Å². The van der Waals surface area contributed by atoms with Crippen molar-refractivity contribution >= 4 is 0 Å². The van der Waals surface area contributed by atoms with E-state index < -0.39 is 0 Å². The van der Waals surface area contributed by atoms with Crippen molar-refractivity contribution in [1.82, 2.24) is 0 Å². The lowest BCUT2D eigenvalue weighted by atomic mass is 9.79. The summed E-state index contributed by atoms with van der Waals surface area (Å²) in [4.78, 5) is 0. The van der Waals surface area contributed by atoms with E-state index in [9.17, 15) is 0 Å². The monoisotopic (exact) mass is 238 g/mol. The Morgan fingerprint density at radius 3 is 1.35 bits per heavy atom. The van der Waals surface area contributed by atoms with Crippen molar-refractivity contribution in [3.63, 3.8) is 0 Å². The summed E-state index contributed by atoms with van der Waals surface area (Å²) in [6.45, 7) is 9.49. The summed E-state index contributed by atoms with van der Waals surface area (Å²) >= 11 is 0. The fourth-order valence-electron chi connectivity index (χ4n) is 3.50. The van der Waals surface area contributed by atoms with Crippen LogP contribution < -0.4 is 0 Å². The maximum absolute atomic E-state index is 2.41. The first-order valence-corrected chi connectivity index (χ1v) is 8.15. The van der Waals surface area contributed by atoms with E-state index in [2.05, 4.69) is 27.7 Å². The fourth-order valence-corrected chi connectivity index (χ4v) is 3.50. The first-order chi connectivity index (χ1) is 8.15. The highest BCUT2D eigenvalue weighted by molar-refractivity contribution is 4.70. The van der Waals surface area contributed by atoms with Crippen molar-refractivity contribution < 1.29 is 0 Å². The fraction of sp³-hybridized carbons (Fsp3) is 1.00. The molecule has 0 bridgehead atoms. The molecule has 0 aliphatic heterocycles. The summed E-state index contributed by atoms with van der Waals surface area (Å²) in [5.74, 6) is 4.08. The molecule has 0 radical (unpaired) electrons. The maximum atomic E-state index is 2.41. The zero-order valence-electron chi connectivity index (χ0n) is 12.7. The van der Waals surface area contributed by atoms with Gasteiger partial charge in [0.1, 0.15) is 0 Å². The van der Waals surface area contributed by atoms with Gasteiger partial charge in [-0.2, -0.15) is 0 Å². The quantitative estimate of drug-likeness (QED) is 0.521. The summed E-state index contributed by atoms with van der Waals surface area (Å²) in [6.07, 6.45) is 13.3. The van der Waals surface area contributed by atoms with Crippen molar-refractivity contribution in [2.75, 3.05) is 0 Å². The van der Waals surface area contributed by atoms with Gasteiger partial charge in [0.25, 0.3) is 0 Å². The van der Waals surface area contributed by atoms with Crippen LogP contribution in [0.1, 0.15) is 85.5 Å². The van der Waals surface area contributed by atoms with E-state index in [1.165, 1.54) is 57.8 Å². The van der Waals surface area contributed by atoms with Crippen LogP contribution in [-0.2, 0) is 0 Å². The molecule has 0 amide bonds. The molecule has 0 heteroatoms. The third kappa shape index (κ3) is 5.44. The zero-order chi connectivity index (χ0) is 12.7. The Balaban J connectivity index is 0.000000171. The first-order valence-electron chi connectivity index (χ1n) is 8.15. The van der Waals surface area contributed by atoms with E-state index in [0.29, 0.717) is 0 Å². The number of rotatable bonds is 1. The Hall–Kier alpha value is 0. The lowest BCUT2D eigenvalue weighted by Crippen LogP contribution is -2.15. The van der Waals surface area contributed by atoms with Crippen LogP contribution in [0.25, 0.3) is 0 Å². The molecule has 102 valence electrons. The minimum absolute atomic E-state index is 1.00. The number of hydrogen-bond acceptors (Lipinski definition) is 0. The lowest BCUT2D eigenvalue weighted by Gasteiger charge is -2.27. The molecule has 4 atom stereocenters. The SMILES string of the molecule is CC1CCCCC1C.CCC1CCCCC1C. The molecule has 2 aliphatic carbocycles. The van der Waals surface area contributed by atoms with Gasteiger partial charge in [-0.05, 0) is 23.7 Å². The molecule has 2 rings (SSSR count). The predicted molar refractivity (Wildman–Crippen MR) is 78.2 cm³/mol. The van der Waals surface area contributed by atoms with Crippen LogP contribution in [0, 0.1) is 23.7 Å². The molecule has 4 unspecified atom stereocenters. The molecule has 0 saturated heterocycles. The van der Waals surface area contributed by atoms with E-state index in [1.54, 1.807) is 0 Å². The van der Waals surface area contributed by atoms with Gasteiger partial charge in [-0.1, -0.05) is 85.5 Å². The van der Waals surface area contributed by atoms with Crippen LogP contribution in [0.5, 0.6) is 0 Å². The first kappa shape index (κ1) is 15.1. The molecule has 0 aromatic rings. The van der Waals surface area contributed by atoms with Crippen LogP contribution in [0.2, 0.25) is 0 Å². The van der Waals surface area contributed by atoms with E-state index >= 15 is 0 Å². The van der Waals surface area contributed by atoms with E-state index in [4.69, 9.17) is 0 Å². The highest BCUT2D eigenvalue weighted by Gasteiger charge is 2.18. The topological polar surface area (TPSA) is 0 Å². The Labute approximate surface area is 110 Å². The van der Waals surface area contributed by atoms with E-state index in [0.717, 1.165) is 23.7 Å². The molecular formula is C17H34. The molecule has 0 aromatic carbocycles. The largest absolute Gasteiger partial charge is 0.0651 e. The van der Waals surface area contributed by atoms with Crippen LogP contribution >= 0.6 is 0 Å². The summed E-state index contributed by atoms with van der Waals surface area (Å²) in [5, 5.41) is 0. The normalized spacial score (nSPS) is 38.1. The van der Waals surface area contributed by atoms with Crippen LogP contribution in [0.15, 0.2) is 0 Å². The second-order valence-electron chi connectivity index (χ2n) is 6.67. The van der Waals surface area contributed by atoms with Gasteiger partial charge in [0, 0.05) is 0 Å². The molecule has 0 spiro atoms. The van der Waals surface area contributed by atoms with Gasteiger partial charge < -0.3 is 0 Å². The molecule has 0 nitrogen and oxygen atoms in total. The summed E-state index contributed by atoms with van der Waals surface area (Å²) in [6, 6.07) is 0. The van der Waals surface area contributed by atoms with Gasteiger partial charge in [-0.25, -0.2) is 0 Å². The van der Waals surface area contributed by atoms with Gasteiger partial charge in [0.2, 0.25) is 0 Å². The smallest absolute Gasteiger partial charge is 0.0391 e. The molecule has 17 heavy (non-hydrogen) atoms. The Morgan fingerprint density at radius 2 is 1.06 bits per heavy atom. The maximum Gasteiger partial charge on any atom is -0.0391 e. The third-order valence-corrected chi connectivity index (χ3v) is 5.35. The molecule has 0 heterocycles. The molecular weight excluding hydrogens is 204 g/mol. The van der Waals surface area contributed by atoms with Crippen LogP contribution in [0.4, 0.5) is 0 Å². The van der Waals surface area contributed by atoms with E-state index in [1.807, 2.05) is 0 Å². The van der Waals surface area contributed by atoms with Crippen molar-refractivity contribution in [2.45, 2.75) is 85.5 Å². The molecule has 2 saturated carbocycles. The molecule has 0 aromatic heterocycles. The highest BCUT2D eigenvalue weighted by atomic mass is 14.2. The standard InChI is InChI=1S/C9H18.C8H16/c1-3-9-7-5-4-6-8(9)2;1-7-5-3-4-6-8(7)2/h8-9H,3-7H2,1-2H3;7-8H,3-6H2,1-2H3. The highest BCUT2D eigenvalue weighted by Crippen LogP contribution is 2.31. The van der Waals surface area contributed by atoms with Crippen molar-refractivity contribution in [2.24, 2.45) is 23.7 Å². The molecule has 2 fully saturated rings. The average Bonchev–Trinajstić information content (AvgIpc) is 2.34. The van der Waals surface area contributed by atoms with Crippen molar-refractivity contribution in [3.8, 4) is 0 Å². The van der Waals surface area contributed by atoms with Gasteiger partial charge in [-0.15, -0.1) is 0 Å². The Bertz CT molecular complexity index is 174. The van der Waals surface area contributed by atoms with Crippen molar-refractivity contribution in [3.05, 3.63) is 0 Å².